The fourth-order valence-corrected chi connectivity index (χ4v) is 1.50. The summed E-state index contributed by atoms with van der Waals surface area (Å²) in [5.41, 5.74) is 0.217. The minimum atomic E-state index is -1.01. The molecule has 1 rings (SSSR count). The lowest BCUT2D eigenvalue weighted by molar-refractivity contribution is -0.135. The molecule has 0 saturated heterocycles. The predicted molar refractivity (Wildman–Crippen MR) is 61.4 cm³/mol. The molecule has 6 heteroatoms. The largest absolute Gasteiger partial charge is 0.480 e. The van der Waals surface area contributed by atoms with Crippen LogP contribution in [0.3, 0.4) is 0 Å². The Morgan fingerprint density at radius 2 is 2.18 bits per heavy atom. The summed E-state index contributed by atoms with van der Waals surface area (Å²) < 4.78 is 13.8. The van der Waals surface area contributed by atoms with Gasteiger partial charge in [0.15, 0.2) is 11.6 Å². The third-order valence-corrected chi connectivity index (χ3v) is 2.16. The van der Waals surface area contributed by atoms with Gasteiger partial charge in [0.1, 0.15) is 12.9 Å². The number of hydrogen-bond acceptors (Lipinski definition) is 4. The second-order valence-corrected chi connectivity index (χ2v) is 4.26. The number of carboxylic acids is 1. The predicted octanol–water partition coefficient (Wildman–Crippen LogP) is 1.47. The number of aryl methyl sites for hydroxylation is 1. The van der Waals surface area contributed by atoms with Crippen molar-refractivity contribution < 1.29 is 14.3 Å². The summed E-state index contributed by atoms with van der Waals surface area (Å²) in [6.07, 6.45) is 1.24. The van der Waals surface area contributed by atoms with Crippen LogP contribution in [0.1, 0.15) is 19.5 Å². The van der Waals surface area contributed by atoms with Gasteiger partial charge in [-0.1, -0.05) is 13.8 Å². The van der Waals surface area contributed by atoms with Crippen LogP contribution in [-0.2, 0) is 4.79 Å². The van der Waals surface area contributed by atoms with Crippen molar-refractivity contribution in [3.05, 3.63) is 17.8 Å². The lowest BCUT2D eigenvalue weighted by Gasteiger charge is -2.24. The smallest absolute Gasteiger partial charge is 0.323 e. The summed E-state index contributed by atoms with van der Waals surface area (Å²) in [5, 5.41) is 8.81. The lowest BCUT2D eigenvalue weighted by atomic mass is 10.2. The van der Waals surface area contributed by atoms with Gasteiger partial charge in [0.25, 0.3) is 0 Å². The molecule has 94 valence electrons. The first-order chi connectivity index (χ1) is 7.91. The maximum atomic E-state index is 13.8. The van der Waals surface area contributed by atoms with E-state index in [0.717, 1.165) is 0 Å². The van der Waals surface area contributed by atoms with E-state index in [1.807, 2.05) is 13.8 Å². The highest BCUT2D eigenvalue weighted by Crippen LogP contribution is 2.18. The Kier molecular flexibility index (Phi) is 4.37. The average Bonchev–Trinajstić information content (AvgIpc) is 2.19. The van der Waals surface area contributed by atoms with Crippen molar-refractivity contribution in [1.29, 1.82) is 0 Å². The summed E-state index contributed by atoms with van der Waals surface area (Å²) in [6.45, 7) is 5.54. The molecule has 0 aliphatic rings. The van der Waals surface area contributed by atoms with Crippen LogP contribution in [0.2, 0.25) is 0 Å². The molecule has 5 nitrogen and oxygen atoms in total. The number of nitrogens with zero attached hydrogens (tertiary/aromatic N) is 3. The molecule has 0 spiro atoms. The standard InChI is InChI=1S/C11H16FN3O2/c1-7(2)4-15(5-9(16)17)11-10(12)8(3)13-6-14-11/h6-7H,4-5H2,1-3H3,(H,16,17). The molecule has 0 saturated carbocycles. The van der Waals surface area contributed by atoms with E-state index in [0.29, 0.717) is 6.54 Å². The zero-order valence-electron chi connectivity index (χ0n) is 10.1. The number of rotatable bonds is 5. The van der Waals surface area contributed by atoms with Gasteiger partial charge < -0.3 is 10.0 Å². The van der Waals surface area contributed by atoms with Crippen molar-refractivity contribution in [3.63, 3.8) is 0 Å². The van der Waals surface area contributed by atoms with Gasteiger partial charge in [0.2, 0.25) is 0 Å². The Labute approximate surface area is 99.3 Å². The maximum Gasteiger partial charge on any atom is 0.323 e. The maximum absolute atomic E-state index is 13.8. The molecule has 1 aromatic rings. The van der Waals surface area contributed by atoms with E-state index < -0.39 is 11.8 Å². The van der Waals surface area contributed by atoms with E-state index in [-0.39, 0.29) is 24.0 Å². The fourth-order valence-electron chi connectivity index (χ4n) is 1.50. The van der Waals surface area contributed by atoms with Crippen molar-refractivity contribution in [2.45, 2.75) is 20.8 Å². The highest BCUT2D eigenvalue weighted by atomic mass is 19.1. The highest BCUT2D eigenvalue weighted by molar-refractivity contribution is 5.73. The zero-order valence-corrected chi connectivity index (χ0v) is 10.1. The molecule has 17 heavy (non-hydrogen) atoms. The van der Waals surface area contributed by atoms with Crippen LogP contribution in [-0.4, -0.2) is 34.1 Å². The van der Waals surface area contributed by atoms with Gasteiger partial charge in [-0.2, -0.15) is 0 Å². The van der Waals surface area contributed by atoms with Gasteiger partial charge in [-0.15, -0.1) is 0 Å². The molecule has 0 aliphatic carbocycles. The van der Waals surface area contributed by atoms with Crippen molar-refractivity contribution in [3.8, 4) is 0 Å². The molecular weight excluding hydrogens is 225 g/mol. The highest BCUT2D eigenvalue weighted by Gasteiger charge is 2.18. The SMILES string of the molecule is Cc1ncnc(N(CC(=O)O)CC(C)C)c1F. The number of halogens is 1. The molecule has 1 aromatic heterocycles. The van der Waals surface area contributed by atoms with E-state index in [1.165, 1.54) is 18.2 Å². The van der Waals surface area contributed by atoms with E-state index in [9.17, 15) is 9.18 Å². The first-order valence-electron chi connectivity index (χ1n) is 5.35. The third-order valence-electron chi connectivity index (χ3n) is 2.16. The molecule has 0 unspecified atom stereocenters. The van der Waals surface area contributed by atoms with Gasteiger partial charge in [-0.05, 0) is 12.8 Å². The average molecular weight is 241 g/mol. The second-order valence-electron chi connectivity index (χ2n) is 4.26. The molecule has 0 aromatic carbocycles. The second kappa shape index (κ2) is 5.56. The molecule has 0 atom stereocenters. The number of aromatic nitrogens is 2. The first-order valence-corrected chi connectivity index (χ1v) is 5.35. The van der Waals surface area contributed by atoms with Crippen LogP contribution in [0.25, 0.3) is 0 Å². The quantitative estimate of drug-likeness (QED) is 0.845. The summed E-state index contributed by atoms with van der Waals surface area (Å²) in [7, 11) is 0. The number of carbonyl (C=O) groups is 1. The van der Waals surface area contributed by atoms with Gasteiger partial charge in [-0.3, -0.25) is 4.79 Å². The number of aliphatic carboxylic acids is 1. The van der Waals surface area contributed by atoms with Crippen LogP contribution in [0.5, 0.6) is 0 Å². The normalized spacial score (nSPS) is 10.6. The molecule has 0 aliphatic heterocycles. The molecule has 0 radical (unpaired) electrons. The Hall–Kier alpha value is -1.72. The molecule has 0 fully saturated rings. The summed E-state index contributed by atoms with van der Waals surface area (Å²) in [6, 6.07) is 0. The summed E-state index contributed by atoms with van der Waals surface area (Å²) >= 11 is 0. The van der Waals surface area contributed by atoms with Gasteiger partial charge in [0.05, 0.1) is 5.69 Å². The number of hydrogen-bond donors (Lipinski definition) is 1. The van der Waals surface area contributed by atoms with Crippen molar-refractivity contribution in [1.82, 2.24) is 9.97 Å². The summed E-state index contributed by atoms with van der Waals surface area (Å²) in [4.78, 5) is 19.7. The van der Waals surface area contributed by atoms with Gasteiger partial charge in [-0.25, -0.2) is 14.4 Å². The topological polar surface area (TPSA) is 66.3 Å². The van der Waals surface area contributed by atoms with Crippen LogP contribution in [0.4, 0.5) is 10.2 Å². The molecule has 0 bridgehead atoms. The number of carboxylic acid groups (broad SMARTS) is 1. The minimum absolute atomic E-state index is 0.0496. The number of anilines is 1. The zero-order chi connectivity index (χ0) is 13.0. The van der Waals surface area contributed by atoms with Crippen molar-refractivity contribution in [2.75, 3.05) is 18.0 Å². The molecule has 0 amide bonds. The molecule has 1 heterocycles. The lowest BCUT2D eigenvalue weighted by Crippen LogP contribution is -2.34. The Morgan fingerprint density at radius 3 is 2.71 bits per heavy atom. The van der Waals surface area contributed by atoms with E-state index in [2.05, 4.69) is 9.97 Å². The van der Waals surface area contributed by atoms with E-state index in [1.54, 1.807) is 0 Å². The Balaban J connectivity index is 3.03. The monoisotopic (exact) mass is 241 g/mol. The van der Waals surface area contributed by atoms with Crippen LogP contribution < -0.4 is 4.90 Å². The third kappa shape index (κ3) is 3.65. The van der Waals surface area contributed by atoms with Crippen LogP contribution >= 0.6 is 0 Å². The van der Waals surface area contributed by atoms with Crippen molar-refractivity contribution in [2.24, 2.45) is 5.92 Å². The van der Waals surface area contributed by atoms with E-state index >= 15 is 0 Å². The van der Waals surface area contributed by atoms with Crippen LogP contribution in [0.15, 0.2) is 6.33 Å². The van der Waals surface area contributed by atoms with Gasteiger partial charge in [0, 0.05) is 6.54 Å². The minimum Gasteiger partial charge on any atom is -0.480 e. The first kappa shape index (κ1) is 13.3. The van der Waals surface area contributed by atoms with Crippen LogP contribution in [0, 0.1) is 18.7 Å². The van der Waals surface area contributed by atoms with Crippen molar-refractivity contribution >= 4 is 11.8 Å². The molecular formula is C11H16FN3O2. The molecule has 1 N–H and O–H groups in total. The summed E-state index contributed by atoms with van der Waals surface area (Å²) in [5.74, 6) is -1.31. The Morgan fingerprint density at radius 1 is 1.53 bits per heavy atom. The Bertz CT molecular complexity index is 410. The van der Waals surface area contributed by atoms with E-state index in [4.69, 9.17) is 5.11 Å². The van der Waals surface area contributed by atoms with Gasteiger partial charge >= 0.3 is 5.97 Å². The fraction of sp³-hybridized carbons (Fsp3) is 0.545.